The van der Waals surface area contributed by atoms with E-state index >= 15 is 4.39 Å². The predicted molar refractivity (Wildman–Crippen MR) is 164 cm³/mol. The van der Waals surface area contributed by atoms with E-state index in [4.69, 9.17) is 4.74 Å². The average molecular weight is 590 g/mol. The van der Waals surface area contributed by atoms with E-state index in [1.807, 2.05) is 26.1 Å². The zero-order valence-electron chi connectivity index (χ0n) is 25.1. The van der Waals surface area contributed by atoms with Crippen molar-refractivity contribution < 1.29 is 13.5 Å². The zero-order chi connectivity index (χ0) is 29.6. The second-order valence-electron chi connectivity index (χ2n) is 13.1. The Morgan fingerprint density at radius 2 is 1.79 bits per heavy atom. The SMILES string of the molecule is CC(C)N1CCOc2c(F)cc(-c3nc(Nc4ccc(C5CCN(C6CC7(CCNCC7)C6)CC5)cn4)ncc3F)cc21. The van der Waals surface area contributed by atoms with Gasteiger partial charge in [-0.05, 0) is 114 Å². The maximum atomic E-state index is 15.0. The van der Waals surface area contributed by atoms with E-state index in [0.29, 0.717) is 41.6 Å². The van der Waals surface area contributed by atoms with Gasteiger partial charge in [-0.15, -0.1) is 0 Å². The highest BCUT2D eigenvalue weighted by Gasteiger charge is 2.47. The van der Waals surface area contributed by atoms with E-state index in [2.05, 4.69) is 41.5 Å². The predicted octanol–water partition coefficient (Wildman–Crippen LogP) is 5.88. The van der Waals surface area contributed by atoms with Gasteiger partial charge in [-0.25, -0.2) is 23.7 Å². The average Bonchev–Trinajstić information content (AvgIpc) is 3.01. The molecule has 2 N–H and O–H groups in total. The fourth-order valence-corrected chi connectivity index (χ4v) is 7.60. The lowest BCUT2D eigenvalue weighted by atomic mass is 9.60. The number of aromatic nitrogens is 3. The highest BCUT2D eigenvalue weighted by atomic mass is 19.1. The van der Waals surface area contributed by atoms with Crippen molar-refractivity contribution in [3.8, 4) is 17.0 Å². The molecular weight excluding hydrogens is 548 g/mol. The first kappa shape index (κ1) is 28.4. The third-order valence-corrected chi connectivity index (χ3v) is 10.1. The van der Waals surface area contributed by atoms with E-state index in [9.17, 15) is 4.39 Å². The summed E-state index contributed by atoms with van der Waals surface area (Å²) in [6.07, 6.45) is 10.8. The highest BCUT2D eigenvalue weighted by Crippen LogP contribution is 2.50. The van der Waals surface area contributed by atoms with Gasteiger partial charge in [-0.1, -0.05) is 6.07 Å². The molecule has 10 heteroatoms. The third kappa shape index (κ3) is 5.67. The van der Waals surface area contributed by atoms with Gasteiger partial charge in [-0.2, -0.15) is 0 Å². The first-order valence-electron chi connectivity index (χ1n) is 15.8. The topological polar surface area (TPSA) is 78.4 Å². The van der Waals surface area contributed by atoms with Crippen LogP contribution in [0.3, 0.4) is 0 Å². The molecule has 1 aliphatic carbocycles. The number of halogens is 2. The molecule has 228 valence electrons. The number of rotatable bonds is 6. The van der Waals surface area contributed by atoms with E-state index in [1.165, 1.54) is 50.4 Å². The number of pyridine rings is 1. The third-order valence-electron chi connectivity index (χ3n) is 10.1. The summed E-state index contributed by atoms with van der Waals surface area (Å²) in [4.78, 5) is 17.9. The van der Waals surface area contributed by atoms with Crippen molar-refractivity contribution in [2.45, 2.75) is 70.4 Å². The maximum absolute atomic E-state index is 15.0. The number of hydrogen-bond donors (Lipinski definition) is 2. The van der Waals surface area contributed by atoms with Gasteiger partial charge in [0.2, 0.25) is 5.95 Å². The molecule has 3 aliphatic heterocycles. The van der Waals surface area contributed by atoms with Crippen LogP contribution in [0, 0.1) is 17.0 Å². The van der Waals surface area contributed by atoms with Crippen LogP contribution >= 0.6 is 0 Å². The van der Waals surface area contributed by atoms with Crippen LogP contribution in [0.5, 0.6) is 5.75 Å². The van der Waals surface area contributed by atoms with Crippen LogP contribution in [0.25, 0.3) is 11.3 Å². The minimum absolute atomic E-state index is 0.0226. The summed E-state index contributed by atoms with van der Waals surface area (Å²) < 4.78 is 35.6. The molecule has 5 heterocycles. The lowest BCUT2D eigenvalue weighted by Gasteiger charge is -2.55. The van der Waals surface area contributed by atoms with Crippen molar-refractivity contribution in [3.05, 3.63) is 53.9 Å². The van der Waals surface area contributed by atoms with Gasteiger partial charge >= 0.3 is 0 Å². The monoisotopic (exact) mass is 589 g/mol. The Labute approximate surface area is 252 Å². The second kappa shape index (κ2) is 11.6. The Kier molecular flexibility index (Phi) is 7.67. The summed E-state index contributed by atoms with van der Waals surface area (Å²) in [6.45, 7) is 9.78. The summed E-state index contributed by atoms with van der Waals surface area (Å²) in [5.41, 5.74) is 2.82. The number of ether oxygens (including phenoxy) is 1. The van der Waals surface area contributed by atoms with E-state index in [0.717, 1.165) is 38.2 Å². The Morgan fingerprint density at radius 3 is 2.51 bits per heavy atom. The van der Waals surface area contributed by atoms with Crippen LogP contribution in [0.4, 0.5) is 26.2 Å². The van der Waals surface area contributed by atoms with Gasteiger partial charge < -0.3 is 25.2 Å². The summed E-state index contributed by atoms with van der Waals surface area (Å²) in [6, 6.07) is 7.96. The number of piperidine rings is 2. The number of benzene rings is 1. The van der Waals surface area contributed by atoms with Gasteiger partial charge in [0.25, 0.3) is 0 Å². The van der Waals surface area contributed by atoms with Gasteiger partial charge in [-0.3, -0.25) is 0 Å². The summed E-state index contributed by atoms with van der Waals surface area (Å²) in [5, 5.41) is 6.61. The van der Waals surface area contributed by atoms with Crippen LogP contribution in [-0.2, 0) is 0 Å². The standard InChI is InChI=1S/C33H41F2N7O/c1-21(2)42-13-14-43-31-26(34)15-24(16-28(31)42)30-27(35)20-38-32(40-30)39-29-4-3-23(19-37-29)22-5-11-41(12-6-22)25-17-33(18-25)7-9-36-10-8-33/h3-4,15-16,19-22,25,36H,5-14,17-18H2,1-2H3,(H,37,38,39,40). The van der Waals surface area contributed by atoms with Crippen LogP contribution in [0.15, 0.2) is 36.7 Å². The zero-order valence-corrected chi connectivity index (χ0v) is 25.1. The molecular formula is C33H41F2N7O. The number of anilines is 3. The summed E-state index contributed by atoms with van der Waals surface area (Å²) >= 11 is 0. The molecule has 3 aromatic rings. The van der Waals surface area contributed by atoms with Crippen LogP contribution in [0.2, 0.25) is 0 Å². The molecule has 0 bridgehead atoms. The van der Waals surface area contributed by atoms with Gasteiger partial charge in [0, 0.05) is 23.8 Å². The Morgan fingerprint density at radius 1 is 1.00 bits per heavy atom. The fraction of sp³-hybridized carbons (Fsp3) is 0.545. The molecule has 7 rings (SSSR count). The molecule has 43 heavy (non-hydrogen) atoms. The van der Waals surface area contributed by atoms with Crippen molar-refractivity contribution in [2.24, 2.45) is 5.41 Å². The van der Waals surface area contributed by atoms with Crippen LogP contribution < -0.4 is 20.3 Å². The number of likely N-dealkylation sites (tertiary alicyclic amines) is 1. The smallest absolute Gasteiger partial charge is 0.229 e. The van der Waals surface area contributed by atoms with Crippen molar-refractivity contribution in [3.63, 3.8) is 0 Å². The van der Waals surface area contributed by atoms with E-state index in [1.54, 1.807) is 6.07 Å². The molecule has 4 aliphatic rings. The molecule has 0 amide bonds. The minimum Gasteiger partial charge on any atom is -0.486 e. The summed E-state index contributed by atoms with van der Waals surface area (Å²) in [5.74, 6) is 0.323. The first-order chi connectivity index (χ1) is 20.9. The van der Waals surface area contributed by atoms with Crippen LogP contribution in [0.1, 0.15) is 63.9 Å². The molecule has 1 saturated carbocycles. The lowest BCUT2D eigenvalue weighted by Crippen LogP contribution is -2.55. The van der Waals surface area contributed by atoms with Gasteiger partial charge in [0.05, 0.1) is 18.4 Å². The number of hydrogen-bond acceptors (Lipinski definition) is 8. The van der Waals surface area contributed by atoms with Crippen molar-refractivity contribution in [2.75, 3.05) is 49.5 Å². The Balaban J connectivity index is 0.997. The van der Waals surface area contributed by atoms with Crippen molar-refractivity contribution in [1.82, 2.24) is 25.2 Å². The summed E-state index contributed by atoms with van der Waals surface area (Å²) in [7, 11) is 0. The first-order valence-corrected chi connectivity index (χ1v) is 15.8. The van der Waals surface area contributed by atoms with Gasteiger partial charge in [0.15, 0.2) is 17.4 Å². The van der Waals surface area contributed by atoms with Crippen molar-refractivity contribution >= 4 is 17.5 Å². The number of fused-ring (bicyclic) bond motifs is 1. The largest absolute Gasteiger partial charge is 0.486 e. The number of nitrogens with zero attached hydrogens (tertiary/aromatic N) is 5. The molecule has 0 unspecified atom stereocenters. The van der Waals surface area contributed by atoms with Gasteiger partial charge in [0.1, 0.15) is 18.1 Å². The quantitative estimate of drug-likeness (QED) is 0.369. The van der Waals surface area contributed by atoms with Crippen molar-refractivity contribution in [1.29, 1.82) is 0 Å². The van der Waals surface area contributed by atoms with E-state index < -0.39 is 11.6 Å². The maximum Gasteiger partial charge on any atom is 0.229 e. The lowest BCUT2D eigenvalue weighted by molar-refractivity contribution is -0.0292. The second-order valence-corrected chi connectivity index (χ2v) is 13.1. The minimum atomic E-state index is -0.625. The molecule has 3 fully saturated rings. The fourth-order valence-electron chi connectivity index (χ4n) is 7.60. The molecule has 1 aromatic carbocycles. The molecule has 8 nitrogen and oxygen atoms in total. The molecule has 0 atom stereocenters. The molecule has 0 radical (unpaired) electrons. The normalized spacial score (nSPS) is 21.0. The Bertz CT molecular complexity index is 1440. The molecule has 1 spiro atoms. The van der Waals surface area contributed by atoms with Crippen LogP contribution in [-0.4, -0.2) is 71.3 Å². The molecule has 2 aromatic heterocycles. The van der Waals surface area contributed by atoms with E-state index in [-0.39, 0.29) is 23.4 Å². The number of nitrogens with one attached hydrogen (secondary N) is 2. The Hall–Kier alpha value is -3.37. The molecule has 2 saturated heterocycles. The highest BCUT2D eigenvalue weighted by molar-refractivity contribution is 5.73.